The molecule has 2 N–H and O–H groups in total. The van der Waals surface area contributed by atoms with Gasteiger partial charge >= 0.3 is 0 Å². The van der Waals surface area contributed by atoms with Crippen LogP contribution in [0.2, 0.25) is 5.02 Å². The molecule has 0 atom stereocenters. The van der Waals surface area contributed by atoms with Gasteiger partial charge in [-0.05, 0) is 30.3 Å². The predicted molar refractivity (Wildman–Crippen MR) is 105 cm³/mol. The van der Waals surface area contributed by atoms with Crippen LogP contribution in [0, 0.1) is 5.82 Å². The molecular formula is C19H11ClFN7. The lowest BCUT2D eigenvalue weighted by Gasteiger charge is -2.09. The minimum atomic E-state index is -0.360. The molecule has 136 valence electrons. The van der Waals surface area contributed by atoms with E-state index in [1.807, 2.05) is 18.2 Å². The van der Waals surface area contributed by atoms with E-state index in [2.05, 4.69) is 35.5 Å². The van der Waals surface area contributed by atoms with E-state index in [1.165, 1.54) is 12.1 Å². The lowest BCUT2D eigenvalue weighted by Crippen LogP contribution is -2.02. The lowest BCUT2D eigenvalue weighted by molar-refractivity contribution is 0.630. The van der Waals surface area contributed by atoms with Crippen molar-refractivity contribution in [3.8, 4) is 11.4 Å². The predicted octanol–water partition coefficient (Wildman–Crippen LogP) is 4.50. The van der Waals surface area contributed by atoms with Crippen molar-refractivity contribution in [2.24, 2.45) is 0 Å². The molecule has 0 saturated heterocycles. The summed E-state index contributed by atoms with van der Waals surface area (Å²) in [6.07, 6.45) is 3.10. The Labute approximate surface area is 162 Å². The van der Waals surface area contributed by atoms with E-state index in [-0.39, 0.29) is 5.82 Å². The third kappa shape index (κ3) is 2.80. The molecule has 28 heavy (non-hydrogen) atoms. The number of hydrogen-bond acceptors (Lipinski definition) is 6. The highest BCUT2D eigenvalue weighted by molar-refractivity contribution is 6.33. The molecule has 0 aliphatic carbocycles. The Kier molecular flexibility index (Phi) is 3.84. The molecule has 0 unspecified atom stereocenters. The molecule has 0 aliphatic rings. The van der Waals surface area contributed by atoms with Crippen LogP contribution in [-0.2, 0) is 0 Å². The number of halogens is 2. The van der Waals surface area contributed by atoms with Gasteiger partial charge < -0.3 is 5.32 Å². The fourth-order valence-electron chi connectivity index (χ4n) is 2.91. The van der Waals surface area contributed by atoms with E-state index in [0.29, 0.717) is 50.1 Å². The van der Waals surface area contributed by atoms with E-state index in [9.17, 15) is 4.39 Å². The smallest absolute Gasteiger partial charge is 0.184 e. The summed E-state index contributed by atoms with van der Waals surface area (Å²) in [5.74, 6) is 0.851. The van der Waals surface area contributed by atoms with Gasteiger partial charge in [0.05, 0.1) is 10.5 Å². The van der Waals surface area contributed by atoms with Crippen LogP contribution in [0.5, 0.6) is 0 Å². The maximum Gasteiger partial charge on any atom is 0.184 e. The van der Waals surface area contributed by atoms with Crippen LogP contribution in [0.25, 0.3) is 33.5 Å². The lowest BCUT2D eigenvalue weighted by atomic mass is 10.2. The molecule has 9 heteroatoms. The molecule has 0 bridgehead atoms. The largest absolute Gasteiger partial charge is 0.321 e. The summed E-state index contributed by atoms with van der Waals surface area (Å²) in [6, 6.07) is 11.6. The first-order valence-corrected chi connectivity index (χ1v) is 8.71. The molecule has 0 amide bonds. The molecule has 3 aromatic heterocycles. The second-order valence-corrected chi connectivity index (χ2v) is 6.40. The Morgan fingerprint density at radius 3 is 2.71 bits per heavy atom. The molecular weight excluding hydrogens is 381 g/mol. The van der Waals surface area contributed by atoms with E-state index < -0.39 is 0 Å². The number of nitrogens with one attached hydrogen (secondary N) is 2. The van der Waals surface area contributed by atoms with Crippen molar-refractivity contribution in [1.29, 1.82) is 0 Å². The molecule has 0 fully saturated rings. The van der Waals surface area contributed by atoms with Gasteiger partial charge in [0.2, 0.25) is 0 Å². The first-order chi connectivity index (χ1) is 13.7. The normalized spacial score (nSPS) is 11.2. The first-order valence-electron chi connectivity index (χ1n) is 8.33. The topological polar surface area (TPSA) is 92.3 Å². The Morgan fingerprint density at radius 1 is 0.964 bits per heavy atom. The number of aromatic amines is 1. The minimum absolute atomic E-state index is 0.360. The Morgan fingerprint density at radius 2 is 1.82 bits per heavy atom. The fraction of sp³-hybridized carbons (Fsp3) is 0. The fourth-order valence-corrected chi connectivity index (χ4v) is 3.13. The van der Waals surface area contributed by atoms with Crippen molar-refractivity contribution in [2.75, 3.05) is 5.32 Å². The second kappa shape index (κ2) is 6.50. The average Bonchev–Trinajstić information content (AvgIpc) is 3.10. The number of aromatic nitrogens is 6. The van der Waals surface area contributed by atoms with E-state index >= 15 is 0 Å². The Bertz CT molecular complexity index is 1330. The quantitative estimate of drug-likeness (QED) is 0.470. The second-order valence-electron chi connectivity index (χ2n) is 5.99. The number of nitrogens with zero attached hydrogens (tertiary/aromatic N) is 5. The summed E-state index contributed by atoms with van der Waals surface area (Å²) in [7, 11) is 0. The first kappa shape index (κ1) is 16.5. The van der Waals surface area contributed by atoms with Crippen molar-refractivity contribution in [1.82, 2.24) is 30.1 Å². The monoisotopic (exact) mass is 391 g/mol. The molecule has 5 aromatic rings. The molecule has 7 nitrogen and oxygen atoms in total. The average molecular weight is 392 g/mol. The van der Waals surface area contributed by atoms with Crippen LogP contribution in [0.1, 0.15) is 0 Å². The number of H-pyrrole nitrogens is 1. The zero-order chi connectivity index (χ0) is 19.1. The standard InChI is InChI=1S/C19H11ClFN7/c20-13-4-2-1-3-11(13)16-24-18-15(22-7-8-23-18)19(25-16)26-17-12-9-10(21)5-6-14(12)27-28-17/h1-9H,(H2,23,24,25,26,27,28). The molecule has 0 aliphatic heterocycles. The van der Waals surface area contributed by atoms with Gasteiger partial charge in [-0.25, -0.2) is 24.3 Å². The number of benzene rings is 2. The SMILES string of the molecule is Fc1ccc2[nH]nc(Nc3nc(-c4ccccc4Cl)nc4nccnc34)c2c1. The van der Waals surface area contributed by atoms with E-state index in [0.717, 1.165) is 0 Å². The van der Waals surface area contributed by atoms with Crippen LogP contribution in [-0.4, -0.2) is 30.1 Å². The Balaban J connectivity index is 1.69. The third-order valence-electron chi connectivity index (χ3n) is 4.21. The van der Waals surface area contributed by atoms with Crippen LogP contribution in [0.4, 0.5) is 16.0 Å². The van der Waals surface area contributed by atoms with Gasteiger partial charge in [-0.2, -0.15) is 5.10 Å². The molecule has 0 radical (unpaired) electrons. The maximum atomic E-state index is 13.7. The van der Waals surface area contributed by atoms with Gasteiger partial charge in [-0.15, -0.1) is 0 Å². The van der Waals surface area contributed by atoms with Crippen molar-refractivity contribution < 1.29 is 4.39 Å². The zero-order valence-corrected chi connectivity index (χ0v) is 14.9. The van der Waals surface area contributed by atoms with Gasteiger partial charge in [-0.1, -0.05) is 23.7 Å². The highest BCUT2D eigenvalue weighted by Crippen LogP contribution is 2.30. The van der Waals surface area contributed by atoms with Crippen LogP contribution >= 0.6 is 11.6 Å². The summed E-state index contributed by atoms with van der Waals surface area (Å²) < 4.78 is 13.7. The highest BCUT2D eigenvalue weighted by atomic mass is 35.5. The van der Waals surface area contributed by atoms with Crippen LogP contribution < -0.4 is 5.32 Å². The number of anilines is 2. The summed E-state index contributed by atoms with van der Waals surface area (Å²) >= 11 is 6.31. The highest BCUT2D eigenvalue weighted by Gasteiger charge is 2.15. The van der Waals surface area contributed by atoms with Gasteiger partial charge in [0, 0.05) is 23.3 Å². The van der Waals surface area contributed by atoms with E-state index in [1.54, 1.807) is 24.5 Å². The number of hydrogen-bond donors (Lipinski definition) is 2. The maximum absolute atomic E-state index is 13.7. The summed E-state index contributed by atoms with van der Waals surface area (Å²) in [5, 5.41) is 11.3. The van der Waals surface area contributed by atoms with Crippen LogP contribution in [0.15, 0.2) is 54.9 Å². The molecule has 5 rings (SSSR count). The van der Waals surface area contributed by atoms with E-state index in [4.69, 9.17) is 11.6 Å². The van der Waals surface area contributed by atoms with Gasteiger partial charge in [0.25, 0.3) is 0 Å². The van der Waals surface area contributed by atoms with Crippen molar-refractivity contribution in [3.63, 3.8) is 0 Å². The van der Waals surface area contributed by atoms with Gasteiger partial charge in [0.1, 0.15) is 5.82 Å². The number of rotatable bonds is 3. The molecule has 3 heterocycles. The summed E-state index contributed by atoms with van der Waals surface area (Å²) in [5.41, 5.74) is 2.23. The number of fused-ring (bicyclic) bond motifs is 2. The minimum Gasteiger partial charge on any atom is -0.321 e. The van der Waals surface area contributed by atoms with Gasteiger partial charge in [-0.3, -0.25) is 5.10 Å². The van der Waals surface area contributed by atoms with Crippen molar-refractivity contribution >= 4 is 45.3 Å². The third-order valence-corrected chi connectivity index (χ3v) is 4.54. The van der Waals surface area contributed by atoms with Gasteiger partial charge in [0.15, 0.2) is 28.6 Å². The molecule has 2 aromatic carbocycles. The van der Waals surface area contributed by atoms with Crippen molar-refractivity contribution in [3.05, 3.63) is 65.7 Å². The van der Waals surface area contributed by atoms with Crippen LogP contribution in [0.3, 0.4) is 0 Å². The molecule has 0 saturated carbocycles. The Hall–Kier alpha value is -3.65. The summed E-state index contributed by atoms with van der Waals surface area (Å²) in [6.45, 7) is 0. The van der Waals surface area contributed by atoms with Crippen molar-refractivity contribution in [2.45, 2.75) is 0 Å². The summed E-state index contributed by atoms with van der Waals surface area (Å²) in [4.78, 5) is 17.7. The zero-order valence-electron chi connectivity index (χ0n) is 14.2. The molecule has 0 spiro atoms.